The zero-order valence-electron chi connectivity index (χ0n) is 9.73. The lowest BCUT2D eigenvalue weighted by Crippen LogP contribution is -2.25. The Hall–Kier alpha value is -0.590. The van der Waals surface area contributed by atoms with E-state index < -0.39 is 0 Å². The van der Waals surface area contributed by atoms with Crippen molar-refractivity contribution in [3.8, 4) is 5.75 Å². The standard InChI is InChI=1S/C12H12BrNO2S2/c1-2-16-9-4-3-8(13)5-7(9)6-10-11(15)14-12(17)18-10/h3-5,10H,2,6H2,1H3,(H,14,15,17). The predicted octanol–water partition coefficient (Wildman–Crippen LogP) is 2.91. The molecule has 3 nitrogen and oxygen atoms in total. The minimum atomic E-state index is -0.161. The van der Waals surface area contributed by atoms with E-state index in [0.29, 0.717) is 17.3 Å². The molecule has 0 spiro atoms. The van der Waals surface area contributed by atoms with E-state index in [-0.39, 0.29) is 11.2 Å². The van der Waals surface area contributed by atoms with Crippen LogP contribution in [0.15, 0.2) is 22.7 Å². The summed E-state index contributed by atoms with van der Waals surface area (Å²) in [6.45, 7) is 2.55. The van der Waals surface area contributed by atoms with E-state index in [1.165, 1.54) is 11.8 Å². The quantitative estimate of drug-likeness (QED) is 0.851. The molecule has 0 radical (unpaired) electrons. The van der Waals surface area contributed by atoms with Crippen LogP contribution in [0.5, 0.6) is 5.75 Å². The van der Waals surface area contributed by atoms with Gasteiger partial charge in [-0.3, -0.25) is 4.79 Å². The van der Waals surface area contributed by atoms with Crippen molar-refractivity contribution in [1.82, 2.24) is 5.32 Å². The van der Waals surface area contributed by atoms with E-state index >= 15 is 0 Å². The highest BCUT2D eigenvalue weighted by Crippen LogP contribution is 2.29. The van der Waals surface area contributed by atoms with Crippen molar-refractivity contribution in [2.24, 2.45) is 0 Å². The van der Waals surface area contributed by atoms with E-state index in [2.05, 4.69) is 21.2 Å². The Morgan fingerprint density at radius 2 is 2.33 bits per heavy atom. The third kappa shape index (κ3) is 3.24. The number of nitrogens with one attached hydrogen (secondary N) is 1. The average Bonchev–Trinajstić information content (AvgIpc) is 2.61. The van der Waals surface area contributed by atoms with Crippen LogP contribution in [0.1, 0.15) is 12.5 Å². The van der Waals surface area contributed by atoms with Crippen molar-refractivity contribution >= 4 is 50.1 Å². The van der Waals surface area contributed by atoms with Gasteiger partial charge in [0.15, 0.2) is 0 Å². The van der Waals surface area contributed by atoms with Gasteiger partial charge in [-0.15, -0.1) is 0 Å². The van der Waals surface area contributed by atoms with Crippen LogP contribution in [0.25, 0.3) is 0 Å². The van der Waals surface area contributed by atoms with Gasteiger partial charge in [0.05, 0.1) is 11.9 Å². The Morgan fingerprint density at radius 3 is 2.94 bits per heavy atom. The lowest BCUT2D eigenvalue weighted by atomic mass is 10.1. The zero-order chi connectivity index (χ0) is 13.1. The molecule has 1 aromatic carbocycles. The maximum Gasteiger partial charge on any atom is 0.239 e. The van der Waals surface area contributed by atoms with Gasteiger partial charge in [0, 0.05) is 4.47 Å². The van der Waals surface area contributed by atoms with Crippen LogP contribution in [0.4, 0.5) is 0 Å². The van der Waals surface area contributed by atoms with Crippen molar-refractivity contribution < 1.29 is 9.53 Å². The van der Waals surface area contributed by atoms with E-state index in [1.807, 2.05) is 25.1 Å². The van der Waals surface area contributed by atoms with Gasteiger partial charge in [-0.1, -0.05) is 39.9 Å². The first-order chi connectivity index (χ1) is 8.60. The number of benzene rings is 1. The van der Waals surface area contributed by atoms with Crippen LogP contribution in [0.3, 0.4) is 0 Å². The summed E-state index contributed by atoms with van der Waals surface area (Å²) < 4.78 is 7.10. The van der Waals surface area contributed by atoms with Crippen molar-refractivity contribution in [2.75, 3.05) is 6.61 Å². The van der Waals surface area contributed by atoms with Crippen LogP contribution < -0.4 is 10.1 Å². The summed E-state index contributed by atoms with van der Waals surface area (Å²) in [5.41, 5.74) is 1.02. The predicted molar refractivity (Wildman–Crippen MR) is 81.1 cm³/mol. The van der Waals surface area contributed by atoms with Gasteiger partial charge in [0.1, 0.15) is 10.1 Å². The molecule has 1 unspecified atom stereocenters. The van der Waals surface area contributed by atoms with Gasteiger partial charge in [-0.2, -0.15) is 0 Å². The van der Waals surface area contributed by atoms with Crippen molar-refractivity contribution in [1.29, 1.82) is 0 Å². The van der Waals surface area contributed by atoms with E-state index in [4.69, 9.17) is 17.0 Å². The third-order valence-corrected chi connectivity index (χ3v) is 4.36. The number of amides is 1. The third-order valence-electron chi connectivity index (χ3n) is 2.49. The Morgan fingerprint density at radius 1 is 1.56 bits per heavy atom. The van der Waals surface area contributed by atoms with Crippen LogP contribution in [-0.2, 0) is 11.2 Å². The lowest BCUT2D eigenvalue weighted by molar-refractivity contribution is -0.118. The first-order valence-electron chi connectivity index (χ1n) is 5.53. The monoisotopic (exact) mass is 345 g/mol. The molecule has 1 aliphatic heterocycles. The van der Waals surface area contributed by atoms with Gasteiger partial charge in [-0.25, -0.2) is 0 Å². The van der Waals surface area contributed by atoms with Crippen LogP contribution in [-0.4, -0.2) is 22.1 Å². The lowest BCUT2D eigenvalue weighted by Gasteiger charge is -2.12. The highest BCUT2D eigenvalue weighted by Gasteiger charge is 2.29. The summed E-state index contributed by atoms with van der Waals surface area (Å²) in [5.74, 6) is 0.805. The van der Waals surface area contributed by atoms with Gasteiger partial charge in [0.2, 0.25) is 5.91 Å². The van der Waals surface area contributed by atoms with E-state index in [9.17, 15) is 4.79 Å². The molecule has 0 aromatic heterocycles. The minimum Gasteiger partial charge on any atom is -0.494 e. The molecule has 1 atom stereocenters. The fraction of sp³-hybridized carbons (Fsp3) is 0.333. The highest BCUT2D eigenvalue weighted by atomic mass is 79.9. The molecule has 1 aliphatic rings. The highest BCUT2D eigenvalue weighted by molar-refractivity contribution is 9.10. The SMILES string of the molecule is CCOc1ccc(Br)cc1CC1SC(=S)NC1=O. The van der Waals surface area contributed by atoms with E-state index in [1.54, 1.807) is 0 Å². The first-order valence-corrected chi connectivity index (χ1v) is 7.61. The molecule has 1 fully saturated rings. The number of rotatable bonds is 4. The van der Waals surface area contributed by atoms with Gasteiger partial charge >= 0.3 is 0 Å². The molecule has 1 N–H and O–H groups in total. The maximum absolute atomic E-state index is 11.7. The molecule has 0 aliphatic carbocycles. The number of ether oxygens (including phenoxy) is 1. The van der Waals surface area contributed by atoms with Gasteiger partial charge < -0.3 is 10.1 Å². The molecule has 1 saturated heterocycles. The zero-order valence-corrected chi connectivity index (χ0v) is 13.0. The summed E-state index contributed by atoms with van der Waals surface area (Å²) in [6, 6.07) is 5.83. The molecule has 0 saturated carbocycles. The molecule has 96 valence electrons. The number of hydrogen-bond acceptors (Lipinski definition) is 4. The molecule has 0 bridgehead atoms. The molecule has 1 aromatic rings. The molecule has 18 heavy (non-hydrogen) atoms. The minimum absolute atomic E-state index is 0.0209. The Kier molecular flexibility index (Phi) is 4.64. The van der Waals surface area contributed by atoms with Crippen LogP contribution in [0, 0.1) is 0 Å². The number of thioether (sulfide) groups is 1. The first kappa shape index (κ1) is 13.8. The van der Waals surface area contributed by atoms with E-state index in [0.717, 1.165) is 15.8 Å². The number of carbonyl (C=O) groups is 1. The fourth-order valence-electron chi connectivity index (χ4n) is 1.73. The largest absolute Gasteiger partial charge is 0.494 e. The number of hydrogen-bond donors (Lipinski definition) is 1. The average molecular weight is 346 g/mol. The summed E-state index contributed by atoms with van der Waals surface area (Å²) in [7, 11) is 0. The Labute approximate surface area is 124 Å². The van der Waals surface area contributed by atoms with Crippen LogP contribution in [0.2, 0.25) is 0 Å². The topological polar surface area (TPSA) is 38.3 Å². The van der Waals surface area contributed by atoms with Crippen molar-refractivity contribution in [3.05, 3.63) is 28.2 Å². The second-order valence-electron chi connectivity index (χ2n) is 3.77. The summed E-state index contributed by atoms with van der Waals surface area (Å²) in [5, 5.41) is 2.50. The molecule has 1 heterocycles. The molecular formula is C12H12BrNO2S2. The Bertz CT molecular complexity index is 493. The Balaban J connectivity index is 2.19. The number of halogens is 1. The second kappa shape index (κ2) is 6.04. The normalized spacial score (nSPS) is 18.9. The van der Waals surface area contributed by atoms with Crippen molar-refractivity contribution in [2.45, 2.75) is 18.6 Å². The number of carbonyl (C=O) groups excluding carboxylic acids is 1. The van der Waals surface area contributed by atoms with Crippen LogP contribution >= 0.6 is 39.9 Å². The van der Waals surface area contributed by atoms with Gasteiger partial charge in [0.25, 0.3) is 0 Å². The van der Waals surface area contributed by atoms with Gasteiger partial charge in [-0.05, 0) is 37.1 Å². The molecule has 6 heteroatoms. The summed E-state index contributed by atoms with van der Waals surface area (Å²) in [4.78, 5) is 11.7. The maximum atomic E-state index is 11.7. The second-order valence-corrected chi connectivity index (χ2v) is 6.57. The molecule has 1 amide bonds. The molecule has 2 rings (SSSR count). The summed E-state index contributed by atoms with van der Waals surface area (Å²) in [6.07, 6.45) is 0.616. The summed E-state index contributed by atoms with van der Waals surface area (Å²) >= 11 is 9.83. The van der Waals surface area contributed by atoms with Crippen molar-refractivity contribution in [3.63, 3.8) is 0 Å². The smallest absolute Gasteiger partial charge is 0.239 e. The molecular weight excluding hydrogens is 334 g/mol. The number of thiocarbonyl (C=S) groups is 1. The fourth-order valence-corrected chi connectivity index (χ4v) is 3.44.